The Morgan fingerprint density at radius 1 is 1.25 bits per heavy atom. The van der Waals surface area contributed by atoms with Crippen LogP contribution in [-0.4, -0.2) is 16.3 Å². The fourth-order valence-electron chi connectivity index (χ4n) is 2.50. The van der Waals surface area contributed by atoms with E-state index in [1.54, 1.807) is 0 Å². The SMILES string of the molecule is CCCNC(c1sccc1CC)c1ccnn1CCC. The van der Waals surface area contributed by atoms with Crippen LogP contribution < -0.4 is 5.32 Å². The first-order chi connectivity index (χ1) is 9.81. The summed E-state index contributed by atoms with van der Waals surface area (Å²) in [6.07, 6.45) is 5.27. The van der Waals surface area contributed by atoms with E-state index in [9.17, 15) is 0 Å². The highest BCUT2D eigenvalue weighted by molar-refractivity contribution is 7.10. The third-order valence-corrected chi connectivity index (χ3v) is 4.53. The van der Waals surface area contributed by atoms with Gasteiger partial charge in [-0.25, -0.2) is 0 Å². The Hall–Kier alpha value is -1.13. The van der Waals surface area contributed by atoms with Gasteiger partial charge in [0.1, 0.15) is 0 Å². The molecule has 2 aromatic rings. The summed E-state index contributed by atoms with van der Waals surface area (Å²) < 4.78 is 2.15. The number of rotatable bonds is 8. The van der Waals surface area contributed by atoms with E-state index in [0.29, 0.717) is 0 Å². The average molecular weight is 291 g/mol. The van der Waals surface area contributed by atoms with Gasteiger partial charge in [-0.15, -0.1) is 11.3 Å². The normalized spacial score (nSPS) is 12.8. The molecule has 3 nitrogen and oxygen atoms in total. The van der Waals surface area contributed by atoms with Crippen LogP contribution in [0.15, 0.2) is 23.7 Å². The summed E-state index contributed by atoms with van der Waals surface area (Å²) in [7, 11) is 0. The van der Waals surface area contributed by atoms with Gasteiger partial charge in [0, 0.05) is 17.6 Å². The van der Waals surface area contributed by atoms with Gasteiger partial charge in [0.15, 0.2) is 0 Å². The maximum Gasteiger partial charge on any atom is 0.0844 e. The second-order valence-corrected chi connectivity index (χ2v) is 5.98. The van der Waals surface area contributed by atoms with Crippen molar-refractivity contribution in [3.63, 3.8) is 0 Å². The molecule has 0 radical (unpaired) electrons. The number of aryl methyl sites for hydroxylation is 2. The second-order valence-electron chi connectivity index (χ2n) is 5.03. The zero-order valence-corrected chi connectivity index (χ0v) is 13.5. The maximum atomic E-state index is 4.48. The molecule has 0 bridgehead atoms. The lowest BCUT2D eigenvalue weighted by Gasteiger charge is -2.20. The van der Waals surface area contributed by atoms with Gasteiger partial charge in [-0.2, -0.15) is 5.10 Å². The van der Waals surface area contributed by atoms with Crippen molar-refractivity contribution in [1.29, 1.82) is 0 Å². The van der Waals surface area contributed by atoms with Crippen LogP contribution in [0.1, 0.15) is 55.8 Å². The largest absolute Gasteiger partial charge is 0.304 e. The van der Waals surface area contributed by atoms with Gasteiger partial charge in [0.2, 0.25) is 0 Å². The van der Waals surface area contributed by atoms with E-state index >= 15 is 0 Å². The van der Waals surface area contributed by atoms with Gasteiger partial charge in [0.05, 0.1) is 11.7 Å². The fourth-order valence-corrected chi connectivity index (χ4v) is 3.58. The summed E-state index contributed by atoms with van der Waals surface area (Å²) in [5.41, 5.74) is 2.74. The molecule has 0 aliphatic heterocycles. The summed E-state index contributed by atoms with van der Waals surface area (Å²) >= 11 is 1.85. The third kappa shape index (κ3) is 3.30. The van der Waals surface area contributed by atoms with E-state index in [2.05, 4.69) is 53.4 Å². The molecule has 0 aromatic carbocycles. The van der Waals surface area contributed by atoms with Crippen LogP contribution in [-0.2, 0) is 13.0 Å². The van der Waals surface area contributed by atoms with Gasteiger partial charge >= 0.3 is 0 Å². The summed E-state index contributed by atoms with van der Waals surface area (Å²) in [5, 5.41) is 10.4. The molecule has 0 saturated carbocycles. The predicted molar refractivity (Wildman–Crippen MR) is 86.4 cm³/mol. The number of nitrogens with one attached hydrogen (secondary N) is 1. The minimum atomic E-state index is 0.277. The number of hydrogen-bond donors (Lipinski definition) is 1. The van der Waals surface area contributed by atoms with Crippen molar-refractivity contribution >= 4 is 11.3 Å². The van der Waals surface area contributed by atoms with Gasteiger partial charge in [-0.3, -0.25) is 4.68 Å². The summed E-state index contributed by atoms with van der Waals surface area (Å²) in [5.74, 6) is 0. The summed E-state index contributed by atoms with van der Waals surface area (Å²) in [6, 6.07) is 4.68. The molecule has 0 spiro atoms. The molecule has 2 rings (SSSR count). The smallest absolute Gasteiger partial charge is 0.0844 e. The Bertz CT molecular complexity index is 515. The molecule has 0 amide bonds. The van der Waals surface area contributed by atoms with Crippen molar-refractivity contribution in [3.8, 4) is 0 Å². The first kappa shape index (κ1) is 15.3. The molecule has 110 valence electrons. The van der Waals surface area contributed by atoms with Crippen molar-refractivity contribution in [2.75, 3.05) is 6.54 Å². The Morgan fingerprint density at radius 3 is 2.80 bits per heavy atom. The van der Waals surface area contributed by atoms with E-state index in [-0.39, 0.29) is 6.04 Å². The van der Waals surface area contributed by atoms with Crippen molar-refractivity contribution in [1.82, 2.24) is 15.1 Å². The molecule has 0 aliphatic rings. The highest BCUT2D eigenvalue weighted by atomic mass is 32.1. The highest BCUT2D eigenvalue weighted by Gasteiger charge is 2.21. The molecule has 1 atom stereocenters. The topological polar surface area (TPSA) is 29.9 Å². The average Bonchev–Trinajstić information content (AvgIpc) is 3.09. The van der Waals surface area contributed by atoms with E-state index in [1.165, 1.54) is 16.1 Å². The van der Waals surface area contributed by atoms with Gasteiger partial charge < -0.3 is 5.32 Å². The van der Waals surface area contributed by atoms with Crippen LogP contribution in [0.4, 0.5) is 0 Å². The Kier molecular flexibility index (Phi) is 5.80. The zero-order chi connectivity index (χ0) is 14.4. The van der Waals surface area contributed by atoms with Crippen LogP contribution in [0.5, 0.6) is 0 Å². The molecule has 1 unspecified atom stereocenters. The first-order valence-corrected chi connectivity index (χ1v) is 8.51. The molecule has 1 N–H and O–H groups in total. The van der Waals surface area contributed by atoms with E-state index in [0.717, 1.165) is 32.4 Å². The van der Waals surface area contributed by atoms with Crippen LogP contribution >= 0.6 is 11.3 Å². The van der Waals surface area contributed by atoms with E-state index in [1.807, 2.05) is 17.5 Å². The van der Waals surface area contributed by atoms with Crippen LogP contribution in [0, 0.1) is 0 Å². The van der Waals surface area contributed by atoms with Crippen molar-refractivity contribution in [2.45, 2.75) is 52.6 Å². The molecule has 2 heterocycles. The zero-order valence-electron chi connectivity index (χ0n) is 12.7. The molecule has 0 aliphatic carbocycles. The number of thiophene rings is 1. The van der Waals surface area contributed by atoms with Crippen molar-refractivity contribution in [3.05, 3.63) is 39.8 Å². The molecule has 0 fully saturated rings. The van der Waals surface area contributed by atoms with Gasteiger partial charge in [-0.05, 0) is 48.9 Å². The minimum Gasteiger partial charge on any atom is -0.304 e. The van der Waals surface area contributed by atoms with E-state index in [4.69, 9.17) is 0 Å². The van der Waals surface area contributed by atoms with E-state index < -0.39 is 0 Å². The number of hydrogen-bond acceptors (Lipinski definition) is 3. The third-order valence-electron chi connectivity index (χ3n) is 3.50. The monoisotopic (exact) mass is 291 g/mol. The quantitative estimate of drug-likeness (QED) is 0.796. The lowest BCUT2D eigenvalue weighted by atomic mass is 10.1. The fraction of sp³-hybridized carbons (Fsp3) is 0.562. The predicted octanol–water partition coefficient (Wildman–Crippen LogP) is 4.01. The molecule has 2 aromatic heterocycles. The molecule has 0 saturated heterocycles. The lowest BCUT2D eigenvalue weighted by Crippen LogP contribution is -2.26. The molecule has 20 heavy (non-hydrogen) atoms. The summed E-state index contributed by atoms with van der Waals surface area (Å²) in [6.45, 7) is 8.65. The van der Waals surface area contributed by atoms with Crippen molar-refractivity contribution < 1.29 is 0 Å². The lowest BCUT2D eigenvalue weighted by molar-refractivity contribution is 0.514. The highest BCUT2D eigenvalue weighted by Crippen LogP contribution is 2.30. The molecule has 4 heteroatoms. The minimum absolute atomic E-state index is 0.277. The van der Waals surface area contributed by atoms with Gasteiger partial charge in [0.25, 0.3) is 0 Å². The molecular formula is C16H25N3S. The van der Waals surface area contributed by atoms with Crippen LogP contribution in [0.2, 0.25) is 0 Å². The number of nitrogens with zero attached hydrogens (tertiary/aromatic N) is 2. The van der Waals surface area contributed by atoms with Crippen LogP contribution in [0.25, 0.3) is 0 Å². The standard InChI is InChI=1S/C16H25N3S/c1-4-9-17-15(16-13(6-3)8-12-20-16)14-7-10-18-19(14)11-5-2/h7-8,10,12,15,17H,4-6,9,11H2,1-3H3. The van der Waals surface area contributed by atoms with Crippen molar-refractivity contribution in [2.24, 2.45) is 0 Å². The summed E-state index contributed by atoms with van der Waals surface area (Å²) in [4.78, 5) is 1.44. The second kappa shape index (κ2) is 7.60. The van der Waals surface area contributed by atoms with Gasteiger partial charge in [-0.1, -0.05) is 20.8 Å². The maximum absolute atomic E-state index is 4.48. The number of aromatic nitrogens is 2. The molecular weight excluding hydrogens is 266 g/mol. The Balaban J connectivity index is 2.34. The van der Waals surface area contributed by atoms with Crippen LogP contribution in [0.3, 0.4) is 0 Å². The Labute approximate surface area is 126 Å². The Morgan fingerprint density at radius 2 is 2.10 bits per heavy atom. The first-order valence-electron chi connectivity index (χ1n) is 7.63.